The van der Waals surface area contributed by atoms with Crippen molar-refractivity contribution in [1.82, 2.24) is 4.90 Å². The van der Waals surface area contributed by atoms with Gasteiger partial charge in [-0.1, -0.05) is 6.92 Å². The van der Waals surface area contributed by atoms with Crippen molar-refractivity contribution >= 4 is 5.91 Å². The zero-order chi connectivity index (χ0) is 10.8. The second kappa shape index (κ2) is 4.49. The van der Waals surface area contributed by atoms with Gasteiger partial charge in [0.1, 0.15) is 6.10 Å². The maximum Gasteiger partial charge on any atom is 0.252 e. The summed E-state index contributed by atoms with van der Waals surface area (Å²) in [5.41, 5.74) is 0. The van der Waals surface area contributed by atoms with Gasteiger partial charge < -0.3 is 14.7 Å². The average molecular weight is 213 g/mol. The summed E-state index contributed by atoms with van der Waals surface area (Å²) in [6.45, 7) is 3.24. The molecule has 1 aliphatic carbocycles. The molecule has 1 aliphatic heterocycles. The molecule has 2 fully saturated rings. The fourth-order valence-electron chi connectivity index (χ4n) is 2.14. The summed E-state index contributed by atoms with van der Waals surface area (Å²) in [6.07, 6.45) is 2.85. The Kier molecular flexibility index (Phi) is 3.26. The lowest BCUT2D eigenvalue weighted by Crippen LogP contribution is -2.43. The van der Waals surface area contributed by atoms with Crippen LogP contribution in [-0.4, -0.2) is 47.8 Å². The van der Waals surface area contributed by atoms with Gasteiger partial charge in [0.25, 0.3) is 5.91 Å². The first-order valence-electron chi connectivity index (χ1n) is 5.77. The van der Waals surface area contributed by atoms with E-state index >= 15 is 0 Å². The minimum Gasteiger partial charge on any atom is -0.395 e. The van der Waals surface area contributed by atoms with Crippen molar-refractivity contribution in [2.24, 2.45) is 5.92 Å². The molecule has 1 saturated heterocycles. The largest absolute Gasteiger partial charge is 0.395 e. The molecule has 4 nitrogen and oxygen atoms in total. The van der Waals surface area contributed by atoms with Crippen LogP contribution < -0.4 is 0 Å². The predicted molar refractivity (Wildman–Crippen MR) is 55.3 cm³/mol. The number of carbonyl (C=O) groups is 1. The number of aliphatic hydroxyl groups is 1. The molecule has 1 heterocycles. The minimum atomic E-state index is -0.267. The molecule has 0 spiro atoms. The topological polar surface area (TPSA) is 49.8 Å². The first-order chi connectivity index (χ1) is 7.24. The first-order valence-corrected chi connectivity index (χ1v) is 5.77. The third kappa shape index (κ3) is 2.32. The number of aliphatic hydroxyl groups excluding tert-OH is 1. The minimum absolute atomic E-state index is 0.0450. The second-order valence-electron chi connectivity index (χ2n) is 4.54. The Morgan fingerprint density at radius 2 is 2.20 bits per heavy atom. The SMILES string of the molecule is CC1CCOC1C(=O)N(CCO)C1CC1. The van der Waals surface area contributed by atoms with E-state index in [1.54, 1.807) is 4.90 Å². The molecular weight excluding hydrogens is 194 g/mol. The molecule has 0 aromatic heterocycles. The average Bonchev–Trinajstić information content (AvgIpc) is 2.97. The Morgan fingerprint density at radius 3 is 2.67 bits per heavy atom. The zero-order valence-corrected chi connectivity index (χ0v) is 9.19. The van der Waals surface area contributed by atoms with Gasteiger partial charge in [-0.05, 0) is 25.2 Å². The number of ether oxygens (including phenoxy) is 1. The highest BCUT2D eigenvalue weighted by Gasteiger charge is 2.39. The van der Waals surface area contributed by atoms with Gasteiger partial charge in [0.05, 0.1) is 6.61 Å². The third-order valence-corrected chi connectivity index (χ3v) is 3.24. The van der Waals surface area contributed by atoms with Gasteiger partial charge in [0, 0.05) is 19.2 Å². The van der Waals surface area contributed by atoms with Crippen LogP contribution >= 0.6 is 0 Å². The summed E-state index contributed by atoms with van der Waals surface area (Å²) in [6, 6.07) is 0.362. The van der Waals surface area contributed by atoms with Crippen molar-refractivity contribution in [3.05, 3.63) is 0 Å². The van der Waals surface area contributed by atoms with Gasteiger partial charge >= 0.3 is 0 Å². The molecule has 1 N–H and O–H groups in total. The van der Waals surface area contributed by atoms with E-state index in [0.717, 1.165) is 19.3 Å². The van der Waals surface area contributed by atoms with E-state index in [4.69, 9.17) is 9.84 Å². The number of hydrogen-bond acceptors (Lipinski definition) is 3. The fourth-order valence-corrected chi connectivity index (χ4v) is 2.14. The van der Waals surface area contributed by atoms with E-state index in [0.29, 0.717) is 25.1 Å². The monoisotopic (exact) mass is 213 g/mol. The van der Waals surface area contributed by atoms with Crippen molar-refractivity contribution < 1.29 is 14.6 Å². The third-order valence-electron chi connectivity index (χ3n) is 3.24. The Balaban J connectivity index is 1.96. The molecule has 2 unspecified atom stereocenters. The number of amides is 1. The van der Waals surface area contributed by atoms with E-state index in [1.807, 2.05) is 0 Å². The highest BCUT2D eigenvalue weighted by Crippen LogP contribution is 2.30. The maximum absolute atomic E-state index is 12.1. The molecule has 0 aromatic rings. The van der Waals surface area contributed by atoms with E-state index < -0.39 is 0 Å². The normalized spacial score (nSPS) is 30.5. The number of rotatable bonds is 4. The summed E-state index contributed by atoms with van der Waals surface area (Å²) in [5, 5.41) is 8.94. The van der Waals surface area contributed by atoms with Crippen LogP contribution in [0.1, 0.15) is 26.2 Å². The quantitative estimate of drug-likeness (QED) is 0.735. The van der Waals surface area contributed by atoms with Gasteiger partial charge in [-0.25, -0.2) is 0 Å². The molecule has 2 aliphatic rings. The molecule has 2 rings (SSSR count). The number of carbonyl (C=O) groups excluding carboxylic acids is 1. The van der Waals surface area contributed by atoms with E-state index in [-0.39, 0.29) is 18.6 Å². The molecule has 2 atom stereocenters. The van der Waals surface area contributed by atoms with Crippen LogP contribution in [0.3, 0.4) is 0 Å². The Hall–Kier alpha value is -0.610. The van der Waals surface area contributed by atoms with Gasteiger partial charge in [-0.3, -0.25) is 4.79 Å². The molecule has 1 amide bonds. The molecule has 0 bridgehead atoms. The summed E-state index contributed by atoms with van der Waals surface area (Å²) in [5.74, 6) is 0.397. The molecular formula is C11H19NO3. The van der Waals surface area contributed by atoms with Crippen LogP contribution in [0.2, 0.25) is 0 Å². The molecule has 4 heteroatoms. The van der Waals surface area contributed by atoms with E-state index in [9.17, 15) is 4.79 Å². The van der Waals surface area contributed by atoms with E-state index in [1.165, 1.54) is 0 Å². The lowest BCUT2D eigenvalue weighted by Gasteiger charge is -2.26. The molecule has 15 heavy (non-hydrogen) atoms. The van der Waals surface area contributed by atoms with E-state index in [2.05, 4.69) is 6.92 Å². The Morgan fingerprint density at radius 1 is 1.47 bits per heavy atom. The molecule has 1 saturated carbocycles. The predicted octanol–water partition coefficient (Wildman–Crippen LogP) is 0.395. The van der Waals surface area contributed by atoms with Crippen LogP contribution in [0, 0.1) is 5.92 Å². The second-order valence-corrected chi connectivity index (χ2v) is 4.54. The zero-order valence-electron chi connectivity index (χ0n) is 9.19. The van der Waals surface area contributed by atoms with Crippen LogP contribution in [0.4, 0.5) is 0 Å². The Bertz CT molecular complexity index is 240. The highest BCUT2D eigenvalue weighted by molar-refractivity contribution is 5.82. The van der Waals surface area contributed by atoms with Crippen molar-refractivity contribution in [2.45, 2.75) is 38.3 Å². The summed E-state index contributed by atoms with van der Waals surface area (Å²) >= 11 is 0. The van der Waals surface area contributed by atoms with Crippen LogP contribution in [-0.2, 0) is 9.53 Å². The van der Waals surface area contributed by atoms with Crippen LogP contribution in [0.25, 0.3) is 0 Å². The molecule has 0 radical (unpaired) electrons. The van der Waals surface area contributed by atoms with Gasteiger partial charge in [0.15, 0.2) is 0 Å². The summed E-state index contributed by atoms with van der Waals surface area (Å²) < 4.78 is 5.46. The van der Waals surface area contributed by atoms with Gasteiger partial charge in [0.2, 0.25) is 0 Å². The fraction of sp³-hybridized carbons (Fsp3) is 0.909. The highest BCUT2D eigenvalue weighted by atomic mass is 16.5. The van der Waals surface area contributed by atoms with Crippen LogP contribution in [0.15, 0.2) is 0 Å². The Labute approximate surface area is 90.2 Å². The van der Waals surface area contributed by atoms with Crippen molar-refractivity contribution in [3.8, 4) is 0 Å². The van der Waals surface area contributed by atoms with Gasteiger partial charge in [-0.15, -0.1) is 0 Å². The lowest BCUT2D eigenvalue weighted by atomic mass is 10.0. The maximum atomic E-state index is 12.1. The van der Waals surface area contributed by atoms with Crippen molar-refractivity contribution in [1.29, 1.82) is 0 Å². The summed E-state index contributed by atoms with van der Waals surface area (Å²) in [7, 11) is 0. The van der Waals surface area contributed by atoms with Gasteiger partial charge in [-0.2, -0.15) is 0 Å². The molecule has 86 valence electrons. The molecule has 0 aromatic carbocycles. The number of nitrogens with zero attached hydrogens (tertiary/aromatic N) is 1. The lowest BCUT2D eigenvalue weighted by molar-refractivity contribution is -0.143. The number of hydrogen-bond donors (Lipinski definition) is 1. The smallest absolute Gasteiger partial charge is 0.252 e. The first kappa shape index (κ1) is 10.9. The van der Waals surface area contributed by atoms with Crippen molar-refractivity contribution in [3.63, 3.8) is 0 Å². The van der Waals surface area contributed by atoms with Crippen molar-refractivity contribution in [2.75, 3.05) is 19.8 Å². The summed E-state index contributed by atoms with van der Waals surface area (Å²) in [4.78, 5) is 13.9. The standard InChI is InChI=1S/C11H19NO3/c1-8-4-7-15-10(8)11(14)12(5-6-13)9-2-3-9/h8-10,13H,2-7H2,1H3. The van der Waals surface area contributed by atoms with Crippen LogP contribution in [0.5, 0.6) is 0 Å².